The molecule has 1 heterocycles. The highest BCUT2D eigenvalue weighted by Crippen LogP contribution is 2.12. The molecule has 1 atom stereocenters. The van der Waals surface area contributed by atoms with Crippen LogP contribution in [0.1, 0.15) is 27.2 Å². The van der Waals surface area contributed by atoms with Gasteiger partial charge in [0.2, 0.25) is 0 Å². The van der Waals surface area contributed by atoms with E-state index in [1.807, 2.05) is 20.8 Å². The molecule has 104 valence electrons. The first-order valence-electron chi connectivity index (χ1n) is 6.15. The Labute approximate surface area is 108 Å². The van der Waals surface area contributed by atoms with Crippen molar-refractivity contribution in [2.45, 2.75) is 38.8 Å². The number of amides is 3. The van der Waals surface area contributed by atoms with Gasteiger partial charge in [-0.2, -0.15) is 0 Å². The van der Waals surface area contributed by atoms with Crippen molar-refractivity contribution in [3.8, 4) is 0 Å². The third-order valence-corrected chi connectivity index (χ3v) is 2.56. The molecule has 6 nitrogen and oxygen atoms in total. The number of likely N-dealkylation sites (tertiary alicyclic amines) is 1. The predicted octanol–water partition coefficient (Wildman–Crippen LogP) is 1.27. The van der Waals surface area contributed by atoms with Crippen LogP contribution in [0.2, 0.25) is 0 Å². The maximum absolute atomic E-state index is 11.7. The van der Waals surface area contributed by atoms with E-state index in [1.54, 1.807) is 19.0 Å². The molecule has 6 heteroatoms. The van der Waals surface area contributed by atoms with E-state index < -0.39 is 11.7 Å². The number of hydrogen-bond acceptors (Lipinski definition) is 3. The fraction of sp³-hybridized carbons (Fsp3) is 0.833. The molecule has 1 saturated heterocycles. The van der Waals surface area contributed by atoms with Crippen molar-refractivity contribution in [1.29, 1.82) is 0 Å². The zero-order valence-electron chi connectivity index (χ0n) is 11.8. The number of nitrogens with zero attached hydrogens (tertiary/aromatic N) is 2. The molecule has 1 aliphatic rings. The Kier molecular flexibility index (Phi) is 4.43. The number of carbonyl (C=O) groups is 2. The monoisotopic (exact) mass is 257 g/mol. The maximum atomic E-state index is 11.7. The van der Waals surface area contributed by atoms with Gasteiger partial charge in [0, 0.05) is 27.2 Å². The van der Waals surface area contributed by atoms with Crippen molar-refractivity contribution in [1.82, 2.24) is 15.1 Å². The minimum Gasteiger partial charge on any atom is -0.444 e. The molecule has 0 aromatic heterocycles. The van der Waals surface area contributed by atoms with Gasteiger partial charge in [0.05, 0.1) is 6.04 Å². The van der Waals surface area contributed by atoms with Gasteiger partial charge in [-0.3, -0.25) is 0 Å². The van der Waals surface area contributed by atoms with Crippen LogP contribution in [0, 0.1) is 0 Å². The average molecular weight is 257 g/mol. The van der Waals surface area contributed by atoms with Crippen LogP contribution in [0.5, 0.6) is 0 Å². The number of alkyl carbamates (subject to hydrolysis) is 1. The quantitative estimate of drug-likeness (QED) is 0.769. The second kappa shape index (κ2) is 5.46. The van der Waals surface area contributed by atoms with Crippen LogP contribution in [-0.4, -0.2) is 60.8 Å². The second-order valence-corrected chi connectivity index (χ2v) is 5.75. The highest BCUT2D eigenvalue weighted by atomic mass is 16.6. The summed E-state index contributed by atoms with van der Waals surface area (Å²) in [5.74, 6) is 0. The number of rotatable bonds is 1. The summed E-state index contributed by atoms with van der Waals surface area (Å²) in [5, 5.41) is 2.79. The molecule has 0 aliphatic carbocycles. The number of hydrogen-bond donors (Lipinski definition) is 1. The van der Waals surface area contributed by atoms with Crippen LogP contribution in [0.15, 0.2) is 0 Å². The molecule has 0 unspecified atom stereocenters. The van der Waals surface area contributed by atoms with E-state index in [4.69, 9.17) is 4.74 Å². The van der Waals surface area contributed by atoms with Crippen LogP contribution in [0.4, 0.5) is 9.59 Å². The van der Waals surface area contributed by atoms with Gasteiger partial charge in [0.25, 0.3) is 0 Å². The van der Waals surface area contributed by atoms with Crippen molar-refractivity contribution in [2.75, 3.05) is 27.2 Å². The Hall–Kier alpha value is -1.46. The first-order chi connectivity index (χ1) is 8.19. The van der Waals surface area contributed by atoms with E-state index in [9.17, 15) is 9.59 Å². The Morgan fingerprint density at radius 2 is 1.94 bits per heavy atom. The molecular formula is C12H23N3O3. The summed E-state index contributed by atoms with van der Waals surface area (Å²) in [6.07, 6.45) is 0.338. The van der Waals surface area contributed by atoms with Gasteiger partial charge in [-0.1, -0.05) is 0 Å². The molecule has 0 saturated carbocycles. The SMILES string of the molecule is CN(C)C(=O)N1CC[C@@H](NC(=O)OC(C)(C)C)C1. The molecule has 18 heavy (non-hydrogen) atoms. The minimum atomic E-state index is -0.498. The number of nitrogens with one attached hydrogen (secondary N) is 1. The molecule has 1 fully saturated rings. The average Bonchev–Trinajstić information content (AvgIpc) is 2.61. The fourth-order valence-electron chi connectivity index (χ4n) is 1.81. The van der Waals surface area contributed by atoms with E-state index in [2.05, 4.69) is 5.32 Å². The molecular weight excluding hydrogens is 234 g/mol. The molecule has 0 radical (unpaired) electrons. The van der Waals surface area contributed by atoms with Gasteiger partial charge in [-0.25, -0.2) is 9.59 Å². The van der Waals surface area contributed by atoms with Gasteiger partial charge < -0.3 is 19.9 Å². The zero-order valence-corrected chi connectivity index (χ0v) is 11.8. The molecule has 1 aliphatic heterocycles. The Morgan fingerprint density at radius 3 is 2.44 bits per heavy atom. The van der Waals surface area contributed by atoms with Gasteiger partial charge in [-0.05, 0) is 27.2 Å². The van der Waals surface area contributed by atoms with Gasteiger partial charge >= 0.3 is 12.1 Å². The summed E-state index contributed by atoms with van der Waals surface area (Å²) < 4.78 is 5.18. The van der Waals surface area contributed by atoms with E-state index in [-0.39, 0.29) is 12.1 Å². The highest BCUT2D eigenvalue weighted by Gasteiger charge is 2.29. The van der Waals surface area contributed by atoms with Crippen molar-refractivity contribution < 1.29 is 14.3 Å². The molecule has 0 spiro atoms. The first kappa shape index (κ1) is 14.6. The van der Waals surface area contributed by atoms with E-state index in [0.717, 1.165) is 6.42 Å². The molecule has 1 rings (SSSR count). The molecule has 0 bridgehead atoms. The smallest absolute Gasteiger partial charge is 0.407 e. The topological polar surface area (TPSA) is 61.9 Å². The third-order valence-electron chi connectivity index (χ3n) is 2.56. The van der Waals surface area contributed by atoms with Crippen LogP contribution in [-0.2, 0) is 4.74 Å². The van der Waals surface area contributed by atoms with Gasteiger partial charge in [0.15, 0.2) is 0 Å². The zero-order chi connectivity index (χ0) is 13.9. The van der Waals surface area contributed by atoms with Crippen molar-refractivity contribution in [3.63, 3.8) is 0 Å². The summed E-state index contributed by atoms with van der Waals surface area (Å²) in [5.41, 5.74) is -0.498. The molecule has 0 aromatic rings. The summed E-state index contributed by atoms with van der Waals surface area (Å²) in [7, 11) is 3.44. The van der Waals surface area contributed by atoms with E-state index in [1.165, 1.54) is 4.90 Å². The Balaban J connectivity index is 2.39. The van der Waals surface area contributed by atoms with Crippen LogP contribution in [0.3, 0.4) is 0 Å². The van der Waals surface area contributed by atoms with E-state index in [0.29, 0.717) is 13.1 Å². The lowest BCUT2D eigenvalue weighted by molar-refractivity contribution is 0.0506. The molecule has 0 aromatic carbocycles. The lowest BCUT2D eigenvalue weighted by atomic mass is 10.2. The van der Waals surface area contributed by atoms with Crippen LogP contribution in [0.25, 0.3) is 0 Å². The first-order valence-corrected chi connectivity index (χ1v) is 6.15. The fourth-order valence-corrected chi connectivity index (χ4v) is 1.81. The van der Waals surface area contributed by atoms with Gasteiger partial charge in [0.1, 0.15) is 5.60 Å². The van der Waals surface area contributed by atoms with Crippen LogP contribution >= 0.6 is 0 Å². The number of carbonyl (C=O) groups excluding carboxylic acids is 2. The van der Waals surface area contributed by atoms with Crippen LogP contribution < -0.4 is 5.32 Å². The predicted molar refractivity (Wildman–Crippen MR) is 68.4 cm³/mol. The largest absolute Gasteiger partial charge is 0.444 e. The Bertz CT molecular complexity index is 323. The maximum Gasteiger partial charge on any atom is 0.407 e. The van der Waals surface area contributed by atoms with Crippen molar-refractivity contribution >= 4 is 12.1 Å². The highest BCUT2D eigenvalue weighted by molar-refractivity contribution is 5.74. The second-order valence-electron chi connectivity index (χ2n) is 5.75. The molecule has 1 N–H and O–H groups in total. The standard InChI is InChI=1S/C12H23N3O3/c1-12(2,3)18-10(16)13-9-6-7-15(8-9)11(17)14(4)5/h9H,6-8H2,1-5H3,(H,13,16)/t9-/m1/s1. The lowest BCUT2D eigenvalue weighted by Gasteiger charge is -2.23. The number of urea groups is 1. The summed E-state index contributed by atoms with van der Waals surface area (Å²) in [4.78, 5) is 26.6. The number of ether oxygens (including phenoxy) is 1. The third kappa shape index (κ3) is 4.43. The lowest BCUT2D eigenvalue weighted by Crippen LogP contribution is -2.43. The molecule has 3 amide bonds. The van der Waals surface area contributed by atoms with E-state index >= 15 is 0 Å². The van der Waals surface area contributed by atoms with Gasteiger partial charge in [-0.15, -0.1) is 0 Å². The van der Waals surface area contributed by atoms with Crippen molar-refractivity contribution in [2.24, 2.45) is 0 Å². The Morgan fingerprint density at radius 1 is 1.33 bits per heavy atom. The minimum absolute atomic E-state index is 0.0243. The summed E-state index contributed by atoms with van der Waals surface area (Å²) in [6, 6.07) is -0.0489. The summed E-state index contributed by atoms with van der Waals surface area (Å²) in [6.45, 7) is 6.67. The summed E-state index contributed by atoms with van der Waals surface area (Å²) >= 11 is 0. The normalized spacial score (nSPS) is 19.6. The van der Waals surface area contributed by atoms with Crippen molar-refractivity contribution in [3.05, 3.63) is 0 Å².